The zero-order valence-electron chi connectivity index (χ0n) is 19.5. The van der Waals surface area contributed by atoms with E-state index < -0.39 is 0 Å². The van der Waals surface area contributed by atoms with Crippen molar-refractivity contribution < 1.29 is 14.3 Å². The molecule has 166 valence electrons. The summed E-state index contributed by atoms with van der Waals surface area (Å²) in [6, 6.07) is 1.90. The minimum absolute atomic E-state index is 0.0384. The van der Waals surface area contributed by atoms with Crippen LogP contribution in [0.25, 0.3) is 0 Å². The van der Waals surface area contributed by atoms with Crippen molar-refractivity contribution in [2.45, 2.75) is 98.2 Å². The van der Waals surface area contributed by atoms with Gasteiger partial charge in [0.1, 0.15) is 17.1 Å². The van der Waals surface area contributed by atoms with Gasteiger partial charge in [-0.25, -0.2) is 4.79 Å². The highest BCUT2D eigenvalue weighted by atomic mass is 16.5. The van der Waals surface area contributed by atoms with E-state index in [1.54, 1.807) is 0 Å². The Kier molecular flexibility index (Phi) is 4.22. The van der Waals surface area contributed by atoms with Crippen molar-refractivity contribution in [3.63, 3.8) is 0 Å². The highest BCUT2D eigenvalue weighted by Crippen LogP contribution is 2.70. The fourth-order valence-corrected chi connectivity index (χ4v) is 8.87. The van der Waals surface area contributed by atoms with Crippen LogP contribution in [0.2, 0.25) is 0 Å². The smallest absolute Gasteiger partial charge is 0.342 e. The molecule has 3 aliphatic carbocycles. The molecule has 0 amide bonds. The van der Waals surface area contributed by atoms with Gasteiger partial charge in [0, 0.05) is 12.0 Å². The summed E-state index contributed by atoms with van der Waals surface area (Å²) in [5.41, 5.74) is 0.603. The van der Waals surface area contributed by atoms with E-state index in [4.69, 9.17) is 9.15 Å². The molecule has 5 rings (SSSR count). The third-order valence-corrected chi connectivity index (χ3v) is 10.4. The average molecular weight is 415 g/mol. The summed E-state index contributed by atoms with van der Waals surface area (Å²) in [4.78, 5) is 12.7. The van der Waals surface area contributed by atoms with Gasteiger partial charge in [0.25, 0.3) is 0 Å². The number of fused-ring (bicyclic) bond motifs is 6. The van der Waals surface area contributed by atoms with E-state index in [2.05, 4.69) is 34.6 Å². The number of hydrogen-bond acceptors (Lipinski definition) is 4. The van der Waals surface area contributed by atoms with Crippen LogP contribution >= 0.6 is 0 Å². The lowest BCUT2D eigenvalue weighted by Crippen LogP contribution is -2.66. The summed E-state index contributed by atoms with van der Waals surface area (Å²) in [6.45, 7) is 13.6. The molecule has 30 heavy (non-hydrogen) atoms. The first kappa shape index (κ1) is 20.6. The molecule has 1 aliphatic heterocycles. The van der Waals surface area contributed by atoms with E-state index in [0.717, 1.165) is 49.8 Å². The van der Waals surface area contributed by atoms with Crippen LogP contribution in [-0.2, 0) is 6.42 Å². The van der Waals surface area contributed by atoms with Crippen molar-refractivity contribution in [1.29, 1.82) is 0 Å². The Hall–Kier alpha value is -1.29. The Labute approximate surface area is 180 Å². The van der Waals surface area contributed by atoms with E-state index >= 15 is 0 Å². The summed E-state index contributed by atoms with van der Waals surface area (Å²) >= 11 is 0. The first-order valence-corrected chi connectivity index (χ1v) is 11.9. The monoisotopic (exact) mass is 414 g/mol. The summed E-state index contributed by atoms with van der Waals surface area (Å²) in [5, 5.41) is 10.8. The number of rotatable bonds is 0. The normalized spacial score (nSPS) is 46.6. The van der Waals surface area contributed by atoms with Crippen LogP contribution < -0.4 is 10.4 Å². The Balaban J connectivity index is 1.57. The van der Waals surface area contributed by atoms with Gasteiger partial charge >= 0.3 is 5.63 Å². The number of ether oxygens (including phenoxy) is 1. The Morgan fingerprint density at radius 1 is 0.933 bits per heavy atom. The molecule has 4 heteroatoms. The molecule has 3 fully saturated rings. The maximum Gasteiger partial charge on any atom is 0.342 e. The van der Waals surface area contributed by atoms with Crippen LogP contribution in [0.5, 0.6) is 5.75 Å². The molecule has 0 spiro atoms. The molecule has 2 heterocycles. The Morgan fingerprint density at radius 3 is 2.30 bits per heavy atom. The lowest BCUT2D eigenvalue weighted by atomic mass is 9.37. The second-order valence-corrected chi connectivity index (χ2v) is 12.2. The van der Waals surface area contributed by atoms with E-state index in [9.17, 15) is 9.90 Å². The van der Waals surface area contributed by atoms with E-state index in [-0.39, 0.29) is 33.6 Å². The quantitative estimate of drug-likeness (QED) is 0.628. The first-order chi connectivity index (χ1) is 13.9. The predicted octanol–water partition coefficient (Wildman–Crippen LogP) is 5.27. The van der Waals surface area contributed by atoms with Crippen LogP contribution in [0.4, 0.5) is 0 Å². The molecule has 4 aliphatic rings. The van der Waals surface area contributed by atoms with E-state index in [0.29, 0.717) is 23.5 Å². The van der Waals surface area contributed by atoms with Gasteiger partial charge < -0.3 is 14.3 Å². The first-order valence-electron chi connectivity index (χ1n) is 11.9. The van der Waals surface area contributed by atoms with Gasteiger partial charge in [-0.2, -0.15) is 0 Å². The predicted molar refractivity (Wildman–Crippen MR) is 117 cm³/mol. The second kappa shape index (κ2) is 6.15. The lowest BCUT2D eigenvalue weighted by Gasteiger charge is -2.69. The summed E-state index contributed by atoms with van der Waals surface area (Å²) in [6.07, 6.45) is 7.04. The maximum atomic E-state index is 12.7. The minimum Gasteiger partial charge on any atom is -0.487 e. The molecule has 1 N–H and O–H groups in total. The van der Waals surface area contributed by atoms with Crippen molar-refractivity contribution in [2.75, 3.05) is 0 Å². The number of aliphatic hydroxyl groups excluding tert-OH is 1. The van der Waals surface area contributed by atoms with Crippen molar-refractivity contribution in [3.8, 4) is 5.75 Å². The zero-order valence-corrected chi connectivity index (χ0v) is 19.5. The van der Waals surface area contributed by atoms with Gasteiger partial charge in [-0.15, -0.1) is 0 Å². The van der Waals surface area contributed by atoms with Crippen molar-refractivity contribution in [1.82, 2.24) is 0 Å². The van der Waals surface area contributed by atoms with Crippen LogP contribution in [0, 0.1) is 40.9 Å². The highest BCUT2D eigenvalue weighted by molar-refractivity contribution is 5.36. The summed E-state index contributed by atoms with van der Waals surface area (Å²) in [5.74, 6) is 2.81. The molecule has 0 saturated heterocycles. The minimum atomic E-state index is -0.231. The van der Waals surface area contributed by atoms with Gasteiger partial charge in [0.05, 0.1) is 11.7 Å². The molecule has 3 saturated carbocycles. The third kappa shape index (κ3) is 2.52. The number of aliphatic hydroxyl groups is 1. The summed E-state index contributed by atoms with van der Waals surface area (Å²) < 4.78 is 12.1. The molecular weight excluding hydrogens is 376 g/mol. The van der Waals surface area contributed by atoms with Crippen LogP contribution in [-0.4, -0.2) is 16.8 Å². The highest BCUT2D eigenvalue weighted by Gasteiger charge is 2.66. The van der Waals surface area contributed by atoms with Gasteiger partial charge in [-0.1, -0.05) is 27.7 Å². The molecule has 0 unspecified atom stereocenters. The topological polar surface area (TPSA) is 59.7 Å². The molecule has 4 nitrogen and oxygen atoms in total. The molecule has 7 atom stereocenters. The fraction of sp³-hybridized carbons (Fsp3) is 0.808. The second-order valence-electron chi connectivity index (χ2n) is 12.2. The number of hydrogen-bond donors (Lipinski definition) is 1. The largest absolute Gasteiger partial charge is 0.487 e. The lowest BCUT2D eigenvalue weighted by molar-refractivity contribution is -0.223. The van der Waals surface area contributed by atoms with Gasteiger partial charge in [-0.3, -0.25) is 0 Å². The molecule has 1 aromatic rings. The van der Waals surface area contributed by atoms with Gasteiger partial charge in [-0.05, 0) is 86.9 Å². The van der Waals surface area contributed by atoms with E-state index in [1.807, 2.05) is 13.0 Å². The van der Waals surface area contributed by atoms with E-state index in [1.165, 1.54) is 6.42 Å². The summed E-state index contributed by atoms with van der Waals surface area (Å²) in [7, 11) is 0. The molecule has 0 bridgehead atoms. The number of aryl methyl sites for hydroxylation is 1. The van der Waals surface area contributed by atoms with Gasteiger partial charge in [0.15, 0.2) is 0 Å². The SMILES string of the molecule is Cc1cc2c(c(=O)o1)C[C@H]1[C@]3(C)CC[C@H]4C(C)(C)[C@@H](O)CC[C@]4(C)[C@H]3CC[C@]1(C)O2. The van der Waals surface area contributed by atoms with Crippen molar-refractivity contribution in [3.05, 3.63) is 27.8 Å². The molecular formula is C26H38O4. The van der Waals surface area contributed by atoms with Crippen molar-refractivity contribution >= 4 is 0 Å². The maximum absolute atomic E-state index is 12.7. The third-order valence-electron chi connectivity index (χ3n) is 10.4. The Bertz CT molecular complexity index is 931. The van der Waals surface area contributed by atoms with Crippen molar-refractivity contribution in [2.24, 2.45) is 34.0 Å². The Morgan fingerprint density at radius 2 is 1.57 bits per heavy atom. The molecule has 0 aromatic carbocycles. The van der Waals surface area contributed by atoms with Gasteiger partial charge in [0.2, 0.25) is 0 Å². The van der Waals surface area contributed by atoms with Crippen LogP contribution in [0.3, 0.4) is 0 Å². The fourth-order valence-electron chi connectivity index (χ4n) is 8.87. The van der Waals surface area contributed by atoms with Crippen LogP contribution in [0.1, 0.15) is 84.5 Å². The standard InChI is InChI=1S/C26H38O4/c1-15-13-17-16(22(28)29-15)14-20-25(5)10-7-18-23(2,3)21(27)9-11-24(18,4)19(25)8-12-26(20,6)30-17/h13,18-21,27H,7-12,14H2,1-6H3/t18-,19+,20-,21-,24-,25+,26-/m0/s1. The molecule has 0 radical (unpaired) electrons. The zero-order chi connectivity index (χ0) is 21.7. The van der Waals surface area contributed by atoms with Crippen LogP contribution in [0.15, 0.2) is 15.3 Å². The average Bonchev–Trinajstić information content (AvgIpc) is 2.63. The molecule has 1 aromatic heterocycles.